The van der Waals surface area contributed by atoms with E-state index in [2.05, 4.69) is 25.8 Å². The maximum atomic E-state index is 5.98. The third-order valence-electron chi connectivity index (χ3n) is 3.96. The number of nitrogens with one attached hydrogen (secondary N) is 2. The highest BCUT2D eigenvalue weighted by molar-refractivity contribution is 6.30. The minimum Gasteiger partial charge on any atom is -0.356 e. The van der Waals surface area contributed by atoms with E-state index in [9.17, 15) is 0 Å². The second-order valence-electron chi connectivity index (χ2n) is 5.63. The Bertz CT molecular complexity index is 681. The molecule has 0 saturated heterocycles. The minimum absolute atomic E-state index is 0.428. The number of guanidine groups is 1. The summed E-state index contributed by atoms with van der Waals surface area (Å²) in [7, 11) is 1.75. The summed E-state index contributed by atoms with van der Waals surface area (Å²) in [6.07, 6.45) is 3.94. The van der Waals surface area contributed by atoms with Crippen LogP contribution in [-0.2, 0) is 6.54 Å². The minimum atomic E-state index is 0.428. The number of hydrogen-bond donors (Lipinski definition) is 2. The number of halogens is 1. The van der Waals surface area contributed by atoms with Crippen LogP contribution in [0, 0.1) is 5.92 Å². The van der Waals surface area contributed by atoms with E-state index in [0.717, 1.165) is 24.0 Å². The molecule has 6 nitrogen and oxygen atoms in total. The zero-order chi connectivity index (χ0) is 16.1. The van der Waals surface area contributed by atoms with E-state index in [-0.39, 0.29) is 0 Å². The predicted octanol–water partition coefficient (Wildman–Crippen LogP) is 2.86. The maximum Gasteiger partial charge on any atom is 0.246 e. The highest BCUT2D eigenvalue weighted by atomic mass is 35.5. The molecule has 7 heteroatoms. The Labute approximate surface area is 140 Å². The van der Waals surface area contributed by atoms with Crippen molar-refractivity contribution in [1.29, 1.82) is 0 Å². The Morgan fingerprint density at radius 2 is 2.26 bits per heavy atom. The number of hydrogen-bond acceptors (Lipinski definition) is 4. The standard InChI is InChI=1S/C16H20ClN5O/c1-18-16(19-9-11-4-2-5-11)20-10-14-21-15(22-23-14)12-6-3-7-13(17)8-12/h3,6-8,11H,2,4-5,9-10H2,1H3,(H2,18,19,20). The molecule has 1 fully saturated rings. The molecule has 2 aromatic rings. The molecule has 1 heterocycles. The van der Waals surface area contributed by atoms with Gasteiger partial charge in [-0.05, 0) is 30.9 Å². The molecule has 1 aliphatic rings. The first-order chi connectivity index (χ1) is 11.2. The van der Waals surface area contributed by atoms with Gasteiger partial charge in [-0.3, -0.25) is 4.99 Å². The highest BCUT2D eigenvalue weighted by Crippen LogP contribution is 2.25. The number of benzene rings is 1. The van der Waals surface area contributed by atoms with Gasteiger partial charge in [0.2, 0.25) is 11.7 Å². The molecule has 122 valence electrons. The normalized spacial score (nSPS) is 15.3. The Kier molecular flexibility index (Phi) is 5.12. The molecule has 0 amide bonds. The van der Waals surface area contributed by atoms with E-state index in [1.165, 1.54) is 19.3 Å². The van der Waals surface area contributed by atoms with Gasteiger partial charge in [0.25, 0.3) is 0 Å². The van der Waals surface area contributed by atoms with Crippen LogP contribution in [0.5, 0.6) is 0 Å². The van der Waals surface area contributed by atoms with Gasteiger partial charge in [-0.2, -0.15) is 4.98 Å². The Hall–Kier alpha value is -2.08. The molecular weight excluding hydrogens is 314 g/mol. The number of aliphatic imine (C=N–C) groups is 1. The zero-order valence-corrected chi connectivity index (χ0v) is 13.8. The molecule has 3 rings (SSSR count). The van der Waals surface area contributed by atoms with E-state index < -0.39 is 0 Å². The molecule has 0 unspecified atom stereocenters. The lowest BCUT2D eigenvalue weighted by atomic mass is 9.85. The van der Waals surface area contributed by atoms with Gasteiger partial charge in [0.05, 0.1) is 6.54 Å². The van der Waals surface area contributed by atoms with Crippen LogP contribution in [-0.4, -0.2) is 29.7 Å². The average molecular weight is 334 g/mol. The van der Waals surface area contributed by atoms with Gasteiger partial charge in [-0.1, -0.05) is 35.3 Å². The monoisotopic (exact) mass is 333 g/mol. The van der Waals surface area contributed by atoms with Gasteiger partial charge in [0.15, 0.2) is 5.96 Å². The fourth-order valence-corrected chi connectivity index (χ4v) is 2.58. The Morgan fingerprint density at radius 3 is 2.96 bits per heavy atom. The quantitative estimate of drug-likeness (QED) is 0.650. The second-order valence-corrected chi connectivity index (χ2v) is 6.06. The maximum absolute atomic E-state index is 5.98. The van der Waals surface area contributed by atoms with Crippen molar-refractivity contribution < 1.29 is 4.52 Å². The van der Waals surface area contributed by atoms with Crippen LogP contribution in [0.15, 0.2) is 33.8 Å². The van der Waals surface area contributed by atoms with Crippen LogP contribution >= 0.6 is 11.6 Å². The topological polar surface area (TPSA) is 75.3 Å². The first-order valence-corrected chi connectivity index (χ1v) is 8.15. The summed E-state index contributed by atoms with van der Waals surface area (Å²) in [5.41, 5.74) is 0.833. The van der Waals surface area contributed by atoms with E-state index in [1.807, 2.05) is 24.3 Å². The molecule has 1 aromatic heterocycles. The van der Waals surface area contributed by atoms with Gasteiger partial charge in [0.1, 0.15) is 0 Å². The van der Waals surface area contributed by atoms with Crippen molar-refractivity contribution in [2.45, 2.75) is 25.8 Å². The third-order valence-corrected chi connectivity index (χ3v) is 4.20. The predicted molar refractivity (Wildman–Crippen MR) is 90.3 cm³/mol. The van der Waals surface area contributed by atoms with Gasteiger partial charge in [-0.25, -0.2) is 0 Å². The van der Waals surface area contributed by atoms with Gasteiger partial charge in [-0.15, -0.1) is 0 Å². The fourth-order valence-electron chi connectivity index (χ4n) is 2.39. The molecule has 1 aliphatic carbocycles. The van der Waals surface area contributed by atoms with Crippen LogP contribution in [0.4, 0.5) is 0 Å². The van der Waals surface area contributed by atoms with Crippen molar-refractivity contribution >= 4 is 17.6 Å². The molecule has 1 saturated carbocycles. The van der Waals surface area contributed by atoms with E-state index in [1.54, 1.807) is 7.05 Å². The van der Waals surface area contributed by atoms with E-state index in [0.29, 0.717) is 23.3 Å². The number of nitrogens with zero attached hydrogens (tertiary/aromatic N) is 3. The smallest absolute Gasteiger partial charge is 0.246 e. The van der Waals surface area contributed by atoms with Crippen LogP contribution in [0.1, 0.15) is 25.2 Å². The molecule has 23 heavy (non-hydrogen) atoms. The lowest BCUT2D eigenvalue weighted by molar-refractivity contribution is 0.314. The van der Waals surface area contributed by atoms with Crippen LogP contribution in [0.25, 0.3) is 11.4 Å². The first-order valence-electron chi connectivity index (χ1n) is 7.77. The summed E-state index contributed by atoms with van der Waals surface area (Å²) in [5, 5.41) is 11.1. The summed E-state index contributed by atoms with van der Waals surface area (Å²) < 4.78 is 5.26. The van der Waals surface area contributed by atoms with E-state index in [4.69, 9.17) is 16.1 Å². The van der Waals surface area contributed by atoms with E-state index >= 15 is 0 Å². The molecule has 0 atom stereocenters. The molecule has 1 aromatic carbocycles. The molecule has 0 aliphatic heterocycles. The molecular formula is C16H20ClN5O. The summed E-state index contributed by atoms with van der Waals surface area (Å²) in [4.78, 5) is 8.57. The van der Waals surface area contributed by atoms with Gasteiger partial charge < -0.3 is 15.2 Å². The molecule has 2 N–H and O–H groups in total. The Morgan fingerprint density at radius 1 is 1.39 bits per heavy atom. The van der Waals surface area contributed by atoms with Crippen LogP contribution in [0.3, 0.4) is 0 Å². The van der Waals surface area contributed by atoms with Crippen LogP contribution < -0.4 is 10.6 Å². The third kappa shape index (κ3) is 4.22. The number of aromatic nitrogens is 2. The first kappa shape index (κ1) is 15.8. The highest BCUT2D eigenvalue weighted by Gasteiger charge is 2.17. The number of rotatable bonds is 5. The molecule has 0 radical (unpaired) electrons. The second kappa shape index (κ2) is 7.46. The van der Waals surface area contributed by atoms with Crippen molar-refractivity contribution in [2.75, 3.05) is 13.6 Å². The molecule has 0 spiro atoms. The van der Waals surface area contributed by atoms with Crippen molar-refractivity contribution in [3.63, 3.8) is 0 Å². The lowest BCUT2D eigenvalue weighted by Gasteiger charge is -2.26. The summed E-state index contributed by atoms with van der Waals surface area (Å²) >= 11 is 5.98. The molecule has 0 bridgehead atoms. The van der Waals surface area contributed by atoms with Gasteiger partial charge >= 0.3 is 0 Å². The average Bonchev–Trinajstić information content (AvgIpc) is 2.98. The van der Waals surface area contributed by atoms with Crippen molar-refractivity contribution in [2.24, 2.45) is 10.9 Å². The lowest BCUT2D eigenvalue weighted by Crippen LogP contribution is -2.40. The summed E-state index contributed by atoms with van der Waals surface area (Å²) in [6.45, 7) is 1.38. The Balaban J connectivity index is 1.53. The van der Waals surface area contributed by atoms with Gasteiger partial charge in [0, 0.05) is 24.2 Å². The fraction of sp³-hybridized carbons (Fsp3) is 0.438. The van der Waals surface area contributed by atoms with Crippen molar-refractivity contribution in [1.82, 2.24) is 20.8 Å². The summed E-state index contributed by atoms with van der Waals surface area (Å²) in [5.74, 6) is 2.55. The zero-order valence-electron chi connectivity index (χ0n) is 13.1. The van der Waals surface area contributed by atoms with Crippen molar-refractivity contribution in [3.8, 4) is 11.4 Å². The summed E-state index contributed by atoms with van der Waals surface area (Å²) in [6, 6.07) is 7.37. The SMILES string of the molecule is CN=C(NCc1nc(-c2cccc(Cl)c2)no1)NCC1CCC1. The largest absolute Gasteiger partial charge is 0.356 e. The van der Waals surface area contributed by atoms with Crippen molar-refractivity contribution in [3.05, 3.63) is 35.2 Å². The van der Waals surface area contributed by atoms with Crippen LogP contribution in [0.2, 0.25) is 5.02 Å².